The van der Waals surface area contributed by atoms with E-state index < -0.39 is 11.9 Å². The molecule has 2 unspecified atom stereocenters. The lowest BCUT2D eigenvalue weighted by molar-refractivity contribution is -0.137. The van der Waals surface area contributed by atoms with Crippen molar-refractivity contribution in [3.8, 4) is 0 Å². The zero-order valence-corrected chi connectivity index (χ0v) is 17.3. The van der Waals surface area contributed by atoms with Gasteiger partial charge in [0.1, 0.15) is 6.04 Å². The Morgan fingerprint density at radius 1 is 1.17 bits per heavy atom. The number of nitrogens with zero attached hydrogens (tertiary/aromatic N) is 2. The van der Waals surface area contributed by atoms with Crippen LogP contribution in [0.15, 0.2) is 18.2 Å². The normalized spacial score (nSPS) is 24.4. The van der Waals surface area contributed by atoms with Gasteiger partial charge in [-0.15, -0.1) is 0 Å². The standard InChI is InChI=1S/C22H28N4O4/c1-14-3-2-9-25(10-8-14)20(28)12-23-16-5-4-15-13-26(22(30)17(15)11-16)18-6-7-19(27)24-21(18)29/h4-5,11,14,18,23H,2-3,6-10,12-13H2,1H3,(H,24,27,29). The highest BCUT2D eigenvalue weighted by Crippen LogP contribution is 2.29. The number of rotatable bonds is 4. The highest BCUT2D eigenvalue weighted by atomic mass is 16.2. The Hall–Kier alpha value is -2.90. The van der Waals surface area contributed by atoms with E-state index in [0.717, 1.165) is 37.9 Å². The topological polar surface area (TPSA) is 98.8 Å². The first kappa shape index (κ1) is 20.4. The van der Waals surface area contributed by atoms with Gasteiger partial charge in [-0.2, -0.15) is 0 Å². The summed E-state index contributed by atoms with van der Waals surface area (Å²) >= 11 is 0. The van der Waals surface area contributed by atoms with Crippen molar-refractivity contribution in [2.24, 2.45) is 5.92 Å². The second-order valence-corrected chi connectivity index (χ2v) is 8.54. The number of carbonyl (C=O) groups excluding carboxylic acids is 4. The van der Waals surface area contributed by atoms with Crippen LogP contribution in [-0.4, -0.2) is 59.1 Å². The third-order valence-corrected chi connectivity index (χ3v) is 6.34. The Balaban J connectivity index is 1.38. The largest absolute Gasteiger partial charge is 0.376 e. The van der Waals surface area contributed by atoms with E-state index >= 15 is 0 Å². The summed E-state index contributed by atoms with van der Waals surface area (Å²) in [6, 6.07) is 4.85. The smallest absolute Gasteiger partial charge is 0.255 e. The highest BCUT2D eigenvalue weighted by Gasteiger charge is 2.39. The average molecular weight is 412 g/mol. The van der Waals surface area contributed by atoms with Crippen LogP contribution < -0.4 is 10.6 Å². The van der Waals surface area contributed by atoms with Crippen LogP contribution in [0.25, 0.3) is 0 Å². The molecule has 1 aromatic carbocycles. The van der Waals surface area contributed by atoms with Crippen molar-refractivity contribution in [1.29, 1.82) is 0 Å². The van der Waals surface area contributed by atoms with Crippen molar-refractivity contribution in [3.05, 3.63) is 29.3 Å². The van der Waals surface area contributed by atoms with Crippen LogP contribution in [0.4, 0.5) is 5.69 Å². The molecule has 3 aliphatic rings. The minimum Gasteiger partial charge on any atom is -0.376 e. The van der Waals surface area contributed by atoms with Gasteiger partial charge in [-0.1, -0.05) is 13.0 Å². The van der Waals surface area contributed by atoms with Crippen molar-refractivity contribution in [2.75, 3.05) is 25.0 Å². The van der Waals surface area contributed by atoms with Crippen molar-refractivity contribution >= 4 is 29.3 Å². The molecule has 2 atom stereocenters. The molecule has 8 nitrogen and oxygen atoms in total. The molecule has 3 aliphatic heterocycles. The van der Waals surface area contributed by atoms with Gasteiger partial charge in [0.05, 0.1) is 6.54 Å². The number of imide groups is 1. The Morgan fingerprint density at radius 3 is 2.80 bits per heavy atom. The van der Waals surface area contributed by atoms with Crippen LogP contribution in [0.1, 0.15) is 54.9 Å². The van der Waals surface area contributed by atoms with Crippen LogP contribution >= 0.6 is 0 Å². The fraction of sp³-hybridized carbons (Fsp3) is 0.545. The van der Waals surface area contributed by atoms with Crippen molar-refractivity contribution in [1.82, 2.24) is 15.1 Å². The predicted molar refractivity (Wildman–Crippen MR) is 111 cm³/mol. The minimum atomic E-state index is -0.619. The van der Waals surface area contributed by atoms with Gasteiger partial charge in [-0.05, 0) is 49.3 Å². The van der Waals surface area contributed by atoms with Crippen LogP contribution in [0.3, 0.4) is 0 Å². The quantitative estimate of drug-likeness (QED) is 0.731. The number of carbonyl (C=O) groups is 4. The van der Waals surface area contributed by atoms with Gasteiger partial charge in [0, 0.05) is 37.3 Å². The molecular weight excluding hydrogens is 384 g/mol. The molecule has 0 spiro atoms. The molecule has 8 heteroatoms. The lowest BCUT2D eigenvalue weighted by Crippen LogP contribution is -2.52. The van der Waals surface area contributed by atoms with E-state index in [1.54, 1.807) is 6.07 Å². The summed E-state index contributed by atoms with van der Waals surface area (Å²) in [4.78, 5) is 52.4. The maximum atomic E-state index is 12.9. The molecule has 2 N–H and O–H groups in total. The molecule has 1 aromatic rings. The Bertz CT molecular complexity index is 884. The first-order chi connectivity index (χ1) is 14.4. The SMILES string of the molecule is CC1CCCN(C(=O)CNc2ccc3c(c2)C(=O)N(C2CCC(=O)NC2=O)C3)CC1. The molecule has 2 saturated heterocycles. The first-order valence-corrected chi connectivity index (χ1v) is 10.7. The van der Waals surface area contributed by atoms with Crippen molar-refractivity contribution in [3.63, 3.8) is 0 Å². The second kappa shape index (κ2) is 8.45. The Labute approximate surface area is 176 Å². The molecular formula is C22H28N4O4. The molecule has 0 aliphatic carbocycles. The highest BCUT2D eigenvalue weighted by molar-refractivity contribution is 6.05. The van der Waals surface area contributed by atoms with Crippen LogP contribution in [-0.2, 0) is 20.9 Å². The number of fused-ring (bicyclic) bond motifs is 1. The summed E-state index contributed by atoms with van der Waals surface area (Å²) in [6.07, 6.45) is 3.82. The van der Waals surface area contributed by atoms with E-state index in [1.807, 2.05) is 17.0 Å². The zero-order chi connectivity index (χ0) is 21.3. The second-order valence-electron chi connectivity index (χ2n) is 8.54. The van der Waals surface area contributed by atoms with Crippen molar-refractivity contribution < 1.29 is 19.2 Å². The molecule has 160 valence electrons. The summed E-state index contributed by atoms with van der Waals surface area (Å²) in [6.45, 7) is 4.37. The number of amides is 4. The van der Waals surface area contributed by atoms with E-state index in [-0.39, 0.29) is 30.7 Å². The number of hydrogen-bond acceptors (Lipinski definition) is 5. The van der Waals surface area contributed by atoms with E-state index in [1.165, 1.54) is 4.90 Å². The minimum absolute atomic E-state index is 0.0705. The molecule has 0 bridgehead atoms. The number of piperidine rings is 1. The number of nitrogens with one attached hydrogen (secondary N) is 2. The van der Waals surface area contributed by atoms with Gasteiger partial charge < -0.3 is 15.1 Å². The zero-order valence-electron chi connectivity index (χ0n) is 17.3. The van der Waals surface area contributed by atoms with Crippen LogP contribution in [0, 0.1) is 5.92 Å². The lowest BCUT2D eigenvalue weighted by atomic mass is 10.0. The summed E-state index contributed by atoms with van der Waals surface area (Å²) in [5, 5.41) is 5.46. The van der Waals surface area contributed by atoms with Gasteiger partial charge in [0.15, 0.2) is 0 Å². The fourth-order valence-corrected chi connectivity index (χ4v) is 4.47. The van der Waals surface area contributed by atoms with Crippen LogP contribution in [0.5, 0.6) is 0 Å². The molecule has 0 saturated carbocycles. The predicted octanol–water partition coefficient (Wildman–Crippen LogP) is 1.51. The number of anilines is 1. The maximum absolute atomic E-state index is 12.9. The van der Waals surface area contributed by atoms with Crippen molar-refractivity contribution in [2.45, 2.75) is 51.6 Å². The Kier molecular flexibility index (Phi) is 5.74. The number of benzene rings is 1. The van der Waals surface area contributed by atoms with Gasteiger partial charge in [-0.3, -0.25) is 24.5 Å². The Morgan fingerprint density at radius 2 is 2.00 bits per heavy atom. The molecule has 0 radical (unpaired) electrons. The number of hydrogen-bond donors (Lipinski definition) is 2. The third kappa shape index (κ3) is 4.17. The number of likely N-dealkylation sites (tertiary alicyclic amines) is 1. The molecule has 0 aromatic heterocycles. The van der Waals surface area contributed by atoms with E-state index in [0.29, 0.717) is 30.1 Å². The maximum Gasteiger partial charge on any atom is 0.255 e. The summed E-state index contributed by atoms with van der Waals surface area (Å²) in [7, 11) is 0. The summed E-state index contributed by atoms with van der Waals surface area (Å²) in [5.41, 5.74) is 2.10. The van der Waals surface area contributed by atoms with E-state index in [9.17, 15) is 19.2 Å². The summed E-state index contributed by atoms with van der Waals surface area (Å²) < 4.78 is 0. The van der Waals surface area contributed by atoms with Gasteiger partial charge in [0.25, 0.3) is 5.91 Å². The third-order valence-electron chi connectivity index (χ3n) is 6.34. The first-order valence-electron chi connectivity index (χ1n) is 10.7. The fourth-order valence-electron chi connectivity index (χ4n) is 4.47. The molecule has 30 heavy (non-hydrogen) atoms. The van der Waals surface area contributed by atoms with Gasteiger partial charge in [0.2, 0.25) is 17.7 Å². The van der Waals surface area contributed by atoms with Gasteiger partial charge in [-0.25, -0.2) is 0 Å². The monoisotopic (exact) mass is 412 g/mol. The van der Waals surface area contributed by atoms with Crippen LogP contribution in [0.2, 0.25) is 0 Å². The summed E-state index contributed by atoms with van der Waals surface area (Å²) in [5.74, 6) is -0.193. The van der Waals surface area contributed by atoms with Gasteiger partial charge >= 0.3 is 0 Å². The lowest BCUT2D eigenvalue weighted by Gasteiger charge is -2.29. The molecule has 4 amide bonds. The molecule has 3 heterocycles. The van der Waals surface area contributed by atoms with E-state index in [2.05, 4.69) is 17.6 Å². The average Bonchev–Trinajstić information content (AvgIpc) is 2.89. The van der Waals surface area contributed by atoms with E-state index in [4.69, 9.17) is 0 Å². The molecule has 4 rings (SSSR count). The molecule has 2 fully saturated rings.